The summed E-state index contributed by atoms with van der Waals surface area (Å²) in [5, 5.41) is 2.77. The minimum atomic E-state index is -1.20. The Morgan fingerprint density at radius 3 is 1.84 bits per heavy atom. The molecule has 31 heavy (non-hydrogen) atoms. The van der Waals surface area contributed by atoms with Crippen LogP contribution >= 0.6 is 0 Å². The van der Waals surface area contributed by atoms with Crippen LogP contribution in [0.1, 0.15) is 59.5 Å². The lowest BCUT2D eigenvalue weighted by Gasteiger charge is -2.25. The van der Waals surface area contributed by atoms with Gasteiger partial charge in [-0.15, -0.1) is 0 Å². The number of rotatable bonds is 4. The number of nitrogens with one attached hydrogen (secondary N) is 1. The second-order valence-electron chi connectivity index (χ2n) is 9.15. The molecule has 0 bridgehead atoms. The van der Waals surface area contributed by atoms with E-state index in [2.05, 4.69) is 26.1 Å². The molecule has 2 aliphatic rings. The lowest BCUT2D eigenvalue weighted by atomic mass is 9.84. The van der Waals surface area contributed by atoms with Gasteiger partial charge in [0.15, 0.2) is 0 Å². The molecule has 2 aromatic carbocycles. The number of nitrogens with zero attached hydrogens (tertiary/aromatic N) is 2. The van der Waals surface area contributed by atoms with E-state index >= 15 is 0 Å². The molecule has 0 radical (unpaired) electrons. The van der Waals surface area contributed by atoms with E-state index in [4.69, 9.17) is 0 Å². The van der Waals surface area contributed by atoms with Crippen LogP contribution in [0, 0.1) is 0 Å². The highest BCUT2D eigenvalue weighted by Crippen LogP contribution is 2.31. The molecular weight excluding hydrogens is 394 g/mol. The maximum absolute atomic E-state index is 13.2. The Labute approximate surface area is 181 Å². The van der Waals surface area contributed by atoms with Gasteiger partial charge in [0.2, 0.25) is 0 Å². The molecule has 2 aliphatic heterocycles. The van der Waals surface area contributed by atoms with Gasteiger partial charge in [-0.2, -0.15) is 0 Å². The van der Waals surface area contributed by atoms with Crippen molar-refractivity contribution >= 4 is 23.8 Å². The molecule has 1 atom stereocenters. The Bertz CT molecular complexity index is 1070. The summed E-state index contributed by atoms with van der Waals surface area (Å²) in [6.45, 7) is 7.87. The second-order valence-corrected chi connectivity index (χ2v) is 9.15. The largest absolute Gasteiger partial charge is 0.325 e. The molecule has 1 fully saturated rings. The van der Waals surface area contributed by atoms with E-state index in [1.807, 2.05) is 24.3 Å². The van der Waals surface area contributed by atoms with Gasteiger partial charge in [0, 0.05) is 13.1 Å². The van der Waals surface area contributed by atoms with Gasteiger partial charge >= 0.3 is 6.03 Å². The summed E-state index contributed by atoms with van der Waals surface area (Å²) in [7, 11) is 0. The van der Waals surface area contributed by atoms with Gasteiger partial charge in [0.05, 0.1) is 11.1 Å². The molecule has 1 unspecified atom stereocenters. The van der Waals surface area contributed by atoms with E-state index in [1.165, 1.54) is 0 Å². The van der Waals surface area contributed by atoms with Crippen molar-refractivity contribution in [2.75, 3.05) is 13.1 Å². The highest BCUT2D eigenvalue weighted by Gasteiger charge is 2.49. The monoisotopic (exact) mass is 419 g/mol. The summed E-state index contributed by atoms with van der Waals surface area (Å²) in [4.78, 5) is 53.0. The van der Waals surface area contributed by atoms with Crippen molar-refractivity contribution in [1.82, 2.24) is 15.1 Å². The van der Waals surface area contributed by atoms with Crippen LogP contribution in [0.25, 0.3) is 0 Å². The van der Waals surface area contributed by atoms with E-state index in [1.54, 1.807) is 31.2 Å². The Morgan fingerprint density at radius 1 is 0.806 bits per heavy atom. The summed E-state index contributed by atoms with van der Waals surface area (Å²) < 4.78 is 0. The first kappa shape index (κ1) is 20.8. The maximum atomic E-state index is 13.2. The molecule has 4 rings (SSSR count). The molecule has 0 saturated carbocycles. The van der Waals surface area contributed by atoms with Crippen molar-refractivity contribution in [2.45, 2.75) is 38.6 Å². The third-order valence-corrected chi connectivity index (χ3v) is 6.03. The Kier molecular flexibility index (Phi) is 4.72. The summed E-state index contributed by atoms with van der Waals surface area (Å²) in [6.07, 6.45) is 0. The minimum absolute atomic E-state index is 0.0270. The standard InChI is InChI=1S/C24H25N3O4/c1-23(2,3)15-9-11-16(12-10-15)24(4)21(30)27(22(31)25-24)14-13-26-19(28)17-7-5-6-8-18(17)20(26)29/h5-12H,13-14H2,1-4H3,(H,25,31). The van der Waals surface area contributed by atoms with Crippen molar-refractivity contribution < 1.29 is 19.2 Å². The fourth-order valence-electron chi connectivity index (χ4n) is 4.04. The van der Waals surface area contributed by atoms with Crippen LogP contribution in [-0.2, 0) is 15.7 Å². The van der Waals surface area contributed by atoms with E-state index in [9.17, 15) is 19.2 Å². The van der Waals surface area contributed by atoms with E-state index in [-0.39, 0.29) is 18.5 Å². The van der Waals surface area contributed by atoms with Crippen molar-refractivity contribution in [2.24, 2.45) is 0 Å². The second kappa shape index (κ2) is 7.04. The molecule has 7 heteroatoms. The number of carbonyl (C=O) groups is 4. The molecule has 160 valence electrons. The average molecular weight is 419 g/mol. The summed E-state index contributed by atoms with van der Waals surface area (Å²) in [5.41, 5.74) is 1.26. The lowest BCUT2D eigenvalue weighted by molar-refractivity contribution is -0.131. The van der Waals surface area contributed by atoms with Gasteiger partial charge in [-0.05, 0) is 35.6 Å². The van der Waals surface area contributed by atoms with Gasteiger partial charge in [0.1, 0.15) is 5.54 Å². The normalized spacial score (nSPS) is 21.0. The number of carbonyl (C=O) groups excluding carboxylic acids is 4. The Hall–Kier alpha value is -3.48. The smallest absolute Gasteiger partial charge is 0.319 e. The third-order valence-electron chi connectivity index (χ3n) is 6.03. The number of hydrogen-bond donors (Lipinski definition) is 1. The predicted molar refractivity (Wildman–Crippen MR) is 115 cm³/mol. The lowest BCUT2D eigenvalue weighted by Crippen LogP contribution is -2.43. The fraction of sp³-hybridized carbons (Fsp3) is 0.333. The van der Waals surface area contributed by atoms with Crippen LogP contribution in [0.15, 0.2) is 48.5 Å². The molecule has 2 aromatic rings. The SMILES string of the molecule is CC(C)(C)c1ccc(C2(C)NC(=O)N(CCN3C(=O)c4ccccc4C3=O)C2=O)cc1. The first-order chi connectivity index (χ1) is 14.5. The summed E-state index contributed by atoms with van der Waals surface area (Å²) >= 11 is 0. The number of urea groups is 1. The Morgan fingerprint density at radius 2 is 1.32 bits per heavy atom. The molecule has 0 aliphatic carbocycles. The van der Waals surface area contributed by atoms with E-state index in [0.717, 1.165) is 15.4 Å². The highest BCUT2D eigenvalue weighted by atomic mass is 16.2. The van der Waals surface area contributed by atoms with Crippen molar-refractivity contribution in [3.05, 3.63) is 70.8 Å². The van der Waals surface area contributed by atoms with Gasteiger partial charge in [-0.3, -0.25) is 24.2 Å². The molecular formula is C24H25N3O4. The zero-order valence-corrected chi connectivity index (χ0v) is 18.1. The van der Waals surface area contributed by atoms with E-state index < -0.39 is 29.3 Å². The van der Waals surface area contributed by atoms with Gasteiger partial charge in [-0.25, -0.2) is 4.79 Å². The zero-order chi connectivity index (χ0) is 22.6. The van der Waals surface area contributed by atoms with Crippen LogP contribution in [0.5, 0.6) is 0 Å². The van der Waals surface area contributed by atoms with Crippen LogP contribution < -0.4 is 5.32 Å². The zero-order valence-electron chi connectivity index (χ0n) is 18.1. The van der Waals surface area contributed by atoms with Crippen LogP contribution in [0.3, 0.4) is 0 Å². The van der Waals surface area contributed by atoms with Crippen molar-refractivity contribution in [3.63, 3.8) is 0 Å². The molecule has 2 heterocycles. The van der Waals surface area contributed by atoms with Crippen LogP contribution in [0.2, 0.25) is 0 Å². The summed E-state index contributed by atoms with van der Waals surface area (Å²) in [5.74, 6) is -1.22. The number of imide groups is 2. The topological polar surface area (TPSA) is 86.8 Å². The molecule has 1 saturated heterocycles. The molecule has 0 aromatic heterocycles. The van der Waals surface area contributed by atoms with Gasteiger partial charge in [0.25, 0.3) is 17.7 Å². The maximum Gasteiger partial charge on any atom is 0.325 e. The van der Waals surface area contributed by atoms with Crippen LogP contribution in [-0.4, -0.2) is 46.6 Å². The predicted octanol–water partition coefficient (Wildman–Crippen LogP) is 3.05. The minimum Gasteiger partial charge on any atom is -0.319 e. The first-order valence-electron chi connectivity index (χ1n) is 10.2. The number of fused-ring (bicyclic) bond motifs is 1. The third kappa shape index (κ3) is 3.30. The number of hydrogen-bond acceptors (Lipinski definition) is 4. The first-order valence-corrected chi connectivity index (χ1v) is 10.2. The molecule has 1 N–H and O–H groups in total. The molecule has 5 amide bonds. The van der Waals surface area contributed by atoms with Crippen molar-refractivity contribution in [3.8, 4) is 0 Å². The van der Waals surface area contributed by atoms with E-state index in [0.29, 0.717) is 16.7 Å². The van der Waals surface area contributed by atoms with Gasteiger partial charge < -0.3 is 5.32 Å². The highest BCUT2D eigenvalue weighted by molar-refractivity contribution is 6.21. The van der Waals surface area contributed by atoms with Crippen LogP contribution in [0.4, 0.5) is 4.79 Å². The van der Waals surface area contributed by atoms with Gasteiger partial charge in [-0.1, -0.05) is 57.2 Å². The molecule has 0 spiro atoms. The fourth-order valence-corrected chi connectivity index (χ4v) is 4.04. The number of amides is 5. The Balaban J connectivity index is 1.50. The van der Waals surface area contributed by atoms with Crippen molar-refractivity contribution in [1.29, 1.82) is 0 Å². The quantitative estimate of drug-likeness (QED) is 0.610. The average Bonchev–Trinajstić information content (AvgIpc) is 3.11. The molecule has 7 nitrogen and oxygen atoms in total. The summed E-state index contributed by atoms with van der Waals surface area (Å²) in [6, 6.07) is 13.7. The number of benzene rings is 2.